The number of halogens is 1. The second-order valence-electron chi connectivity index (χ2n) is 7.49. The Labute approximate surface area is 169 Å². The number of aryl methyl sites for hydroxylation is 1. The topological polar surface area (TPSA) is 76.3 Å². The van der Waals surface area contributed by atoms with Gasteiger partial charge in [0.15, 0.2) is 5.82 Å². The summed E-state index contributed by atoms with van der Waals surface area (Å²) >= 11 is 0. The molecule has 0 radical (unpaired) electrons. The average Bonchev–Trinajstić information content (AvgIpc) is 3.24. The molecule has 7 heteroatoms. The molecule has 6 nitrogen and oxygen atoms in total. The number of anilines is 1. The van der Waals surface area contributed by atoms with Crippen LogP contribution < -0.4 is 4.90 Å². The van der Waals surface area contributed by atoms with E-state index in [4.69, 9.17) is 5.26 Å². The third kappa shape index (κ3) is 3.94. The molecule has 1 N–H and O–H groups in total. The molecule has 1 aromatic heterocycles. The highest BCUT2D eigenvalue weighted by atomic mass is 19.1. The minimum atomic E-state index is -0.465. The normalized spacial score (nSPS) is 19.8. The van der Waals surface area contributed by atoms with E-state index in [0.717, 1.165) is 55.8 Å². The van der Waals surface area contributed by atoms with Gasteiger partial charge in [-0.1, -0.05) is 13.0 Å². The number of hydrogen-bond donors (Lipinski definition) is 1. The lowest BCUT2D eigenvalue weighted by atomic mass is 10.1. The van der Waals surface area contributed by atoms with Gasteiger partial charge in [-0.3, -0.25) is 4.90 Å². The molecule has 2 aromatic rings. The van der Waals surface area contributed by atoms with Gasteiger partial charge in [-0.05, 0) is 43.0 Å². The quantitative estimate of drug-likeness (QED) is 0.860. The van der Waals surface area contributed by atoms with Crippen LogP contribution >= 0.6 is 0 Å². The second-order valence-corrected chi connectivity index (χ2v) is 7.49. The molecule has 2 aliphatic rings. The van der Waals surface area contributed by atoms with E-state index >= 15 is 0 Å². The Morgan fingerprint density at radius 2 is 2.07 bits per heavy atom. The maximum absolute atomic E-state index is 13.9. The fourth-order valence-electron chi connectivity index (χ4n) is 4.08. The third-order valence-electron chi connectivity index (χ3n) is 5.83. The molecule has 1 aliphatic heterocycles. The van der Waals surface area contributed by atoms with E-state index in [1.54, 1.807) is 12.3 Å². The molecular weight excluding hydrogens is 369 g/mol. The molecule has 4 rings (SSSR count). The first-order valence-electron chi connectivity index (χ1n) is 10.0. The lowest BCUT2D eigenvalue weighted by Crippen LogP contribution is -2.49. The highest BCUT2D eigenvalue weighted by molar-refractivity contribution is 5.63. The summed E-state index contributed by atoms with van der Waals surface area (Å²) in [4.78, 5) is 13.3. The summed E-state index contributed by atoms with van der Waals surface area (Å²) < 4.78 is 13.9. The van der Waals surface area contributed by atoms with Crippen LogP contribution in [0.2, 0.25) is 0 Å². The molecule has 29 heavy (non-hydrogen) atoms. The van der Waals surface area contributed by atoms with E-state index < -0.39 is 5.82 Å². The number of nitrogens with zero attached hydrogens (tertiary/aromatic N) is 5. The Kier molecular flexibility index (Phi) is 5.45. The van der Waals surface area contributed by atoms with E-state index in [2.05, 4.69) is 25.8 Å². The molecule has 1 aliphatic carbocycles. The van der Waals surface area contributed by atoms with Gasteiger partial charge in [0.1, 0.15) is 11.9 Å². The molecule has 1 saturated heterocycles. The van der Waals surface area contributed by atoms with Gasteiger partial charge in [-0.2, -0.15) is 10.2 Å². The predicted octanol–water partition coefficient (Wildman–Crippen LogP) is 3.12. The van der Waals surface area contributed by atoms with Crippen molar-refractivity contribution in [1.29, 1.82) is 5.26 Å². The highest BCUT2D eigenvalue weighted by Gasteiger charge is 2.27. The number of piperazine rings is 1. The van der Waals surface area contributed by atoms with Crippen molar-refractivity contribution in [2.45, 2.75) is 32.2 Å². The minimum absolute atomic E-state index is 0.0742. The van der Waals surface area contributed by atoms with Crippen molar-refractivity contribution in [1.82, 2.24) is 14.9 Å². The van der Waals surface area contributed by atoms with Crippen molar-refractivity contribution < 1.29 is 9.50 Å². The standard InChI is InChI=1S/C22H24FN5O/c1-2-15-14-25-21(26-22(15)29)16-3-5-18(11-16)27-7-9-28(10-8-27)19-6-4-17(13-24)20(23)12-19/h4,6,11-12,14,18H,2-3,5,7-10H2,1H3,(H,25,26,29). The number of aromatic hydroxyl groups is 1. The molecule has 0 amide bonds. The fourth-order valence-corrected chi connectivity index (χ4v) is 4.08. The number of allylic oxidation sites excluding steroid dienone is 1. The van der Waals surface area contributed by atoms with Crippen molar-refractivity contribution in [3.63, 3.8) is 0 Å². The van der Waals surface area contributed by atoms with Crippen LogP contribution in [0.25, 0.3) is 5.57 Å². The maximum atomic E-state index is 13.9. The van der Waals surface area contributed by atoms with Crippen LogP contribution in [0.5, 0.6) is 5.88 Å². The summed E-state index contributed by atoms with van der Waals surface area (Å²) in [6.45, 7) is 5.36. The fraction of sp³-hybridized carbons (Fsp3) is 0.409. The van der Waals surface area contributed by atoms with Gasteiger partial charge in [0.2, 0.25) is 5.88 Å². The SMILES string of the molecule is CCc1cnc(C2=CC(N3CCN(c4ccc(C#N)c(F)c4)CC3)CC2)nc1O. The molecule has 0 saturated carbocycles. The van der Waals surface area contributed by atoms with Crippen molar-refractivity contribution in [3.05, 3.63) is 53.2 Å². The molecular formula is C22H24FN5O. The number of rotatable bonds is 4. The van der Waals surface area contributed by atoms with Gasteiger partial charge in [-0.25, -0.2) is 9.37 Å². The zero-order valence-electron chi connectivity index (χ0n) is 16.5. The predicted molar refractivity (Wildman–Crippen MR) is 109 cm³/mol. The van der Waals surface area contributed by atoms with E-state index in [-0.39, 0.29) is 11.4 Å². The highest BCUT2D eigenvalue weighted by Crippen LogP contribution is 2.31. The summed E-state index contributed by atoms with van der Waals surface area (Å²) in [5.74, 6) is 0.229. The van der Waals surface area contributed by atoms with Crippen LogP contribution in [-0.2, 0) is 6.42 Å². The van der Waals surface area contributed by atoms with Gasteiger partial charge in [0, 0.05) is 49.7 Å². The number of nitriles is 1. The van der Waals surface area contributed by atoms with E-state index in [1.807, 2.05) is 19.1 Å². The third-order valence-corrected chi connectivity index (χ3v) is 5.83. The summed E-state index contributed by atoms with van der Waals surface area (Å²) in [6, 6.07) is 7.01. The van der Waals surface area contributed by atoms with Crippen LogP contribution in [0, 0.1) is 17.1 Å². The van der Waals surface area contributed by atoms with Crippen LogP contribution in [0.4, 0.5) is 10.1 Å². The van der Waals surface area contributed by atoms with Gasteiger partial charge in [-0.15, -0.1) is 0 Å². The van der Waals surface area contributed by atoms with Crippen LogP contribution in [0.3, 0.4) is 0 Å². The summed E-state index contributed by atoms with van der Waals surface area (Å²) in [5, 5.41) is 18.9. The monoisotopic (exact) mass is 393 g/mol. The zero-order valence-corrected chi connectivity index (χ0v) is 16.5. The first-order valence-corrected chi connectivity index (χ1v) is 10.0. The van der Waals surface area contributed by atoms with Crippen molar-refractivity contribution in [2.24, 2.45) is 0 Å². The van der Waals surface area contributed by atoms with Crippen molar-refractivity contribution in [3.8, 4) is 11.9 Å². The molecule has 1 aromatic carbocycles. The molecule has 1 fully saturated rings. The maximum Gasteiger partial charge on any atom is 0.217 e. The van der Waals surface area contributed by atoms with Crippen molar-refractivity contribution in [2.75, 3.05) is 31.1 Å². The first-order chi connectivity index (χ1) is 14.1. The van der Waals surface area contributed by atoms with Crippen LogP contribution in [0.15, 0.2) is 30.5 Å². The van der Waals surface area contributed by atoms with Crippen LogP contribution in [-0.4, -0.2) is 52.2 Å². The smallest absolute Gasteiger partial charge is 0.217 e. The summed E-state index contributed by atoms with van der Waals surface area (Å²) in [6.07, 6.45) is 6.55. The van der Waals surface area contributed by atoms with Gasteiger partial charge in [0.05, 0.1) is 5.56 Å². The number of benzene rings is 1. The molecule has 150 valence electrons. The molecule has 2 heterocycles. The summed E-state index contributed by atoms with van der Waals surface area (Å²) in [7, 11) is 0. The van der Waals surface area contributed by atoms with E-state index in [0.29, 0.717) is 18.3 Å². The van der Waals surface area contributed by atoms with E-state index in [1.165, 1.54) is 6.07 Å². The number of aromatic nitrogens is 2. The molecule has 0 bridgehead atoms. The Hall–Kier alpha value is -2.98. The zero-order chi connectivity index (χ0) is 20.4. The lowest BCUT2D eigenvalue weighted by Gasteiger charge is -2.38. The van der Waals surface area contributed by atoms with E-state index in [9.17, 15) is 9.50 Å². The molecule has 1 unspecified atom stereocenters. The lowest BCUT2D eigenvalue weighted by molar-refractivity contribution is 0.214. The summed E-state index contributed by atoms with van der Waals surface area (Å²) in [5.41, 5.74) is 2.75. The number of hydrogen-bond acceptors (Lipinski definition) is 6. The first kappa shape index (κ1) is 19.3. The van der Waals surface area contributed by atoms with Gasteiger partial charge >= 0.3 is 0 Å². The van der Waals surface area contributed by atoms with Gasteiger partial charge in [0.25, 0.3) is 0 Å². The van der Waals surface area contributed by atoms with Gasteiger partial charge < -0.3 is 10.0 Å². The molecule has 0 spiro atoms. The Morgan fingerprint density at radius 3 is 2.72 bits per heavy atom. The second kappa shape index (κ2) is 8.18. The Bertz CT molecular complexity index is 976. The molecule has 1 atom stereocenters. The minimum Gasteiger partial charge on any atom is -0.493 e. The van der Waals surface area contributed by atoms with Crippen molar-refractivity contribution >= 4 is 11.3 Å². The Morgan fingerprint density at radius 1 is 1.28 bits per heavy atom. The largest absolute Gasteiger partial charge is 0.493 e. The Balaban J connectivity index is 1.40. The van der Waals surface area contributed by atoms with Crippen LogP contribution in [0.1, 0.15) is 36.7 Å². The average molecular weight is 393 g/mol.